The van der Waals surface area contributed by atoms with Gasteiger partial charge in [-0.15, -0.1) is 0 Å². The highest BCUT2D eigenvalue weighted by Crippen LogP contribution is 2.00. The Hall–Kier alpha value is -2.09. The second-order valence-corrected chi connectivity index (χ2v) is 4.45. The summed E-state index contributed by atoms with van der Waals surface area (Å²) in [4.78, 5) is 28.0. The first-order valence-electron chi connectivity index (χ1n) is 6.13. The van der Waals surface area contributed by atoms with E-state index in [0.717, 1.165) is 5.82 Å². The SMILES string of the molecule is COC(CNC(=O)N(C)Cc1nccn1C)CC(=O)O. The highest BCUT2D eigenvalue weighted by atomic mass is 16.5. The number of methoxy groups -OCH3 is 1. The molecule has 0 bridgehead atoms. The average molecular weight is 284 g/mol. The molecule has 8 heteroatoms. The molecule has 0 saturated heterocycles. The maximum atomic E-state index is 11.9. The van der Waals surface area contributed by atoms with Crippen LogP contribution in [0.1, 0.15) is 12.2 Å². The van der Waals surface area contributed by atoms with Crippen LogP contribution >= 0.6 is 0 Å². The topological polar surface area (TPSA) is 96.7 Å². The van der Waals surface area contributed by atoms with Gasteiger partial charge < -0.3 is 24.6 Å². The summed E-state index contributed by atoms with van der Waals surface area (Å²) in [5.41, 5.74) is 0. The van der Waals surface area contributed by atoms with Crippen molar-refractivity contribution in [3.05, 3.63) is 18.2 Å². The van der Waals surface area contributed by atoms with E-state index in [1.165, 1.54) is 12.0 Å². The van der Waals surface area contributed by atoms with Crippen molar-refractivity contribution in [1.82, 2.24) is 19.8 Å². The summed E-state index contributed by atoms with van der Waals surface area (Å²) in [6.07, 6.45) is 2.77. The van der Waals surface area contributed by atoms with E-state index in [2.05, 4.69) is 10.3 Å². The van der Waals surface area contributed by atoms with Gasteiger partial charge in [0.2, 0.25) is 0 Å². The number of aliphatic carboxylic acids is 1. The third-order valence-corrected chi connectivity index (χ3v) is 2.86. The molecule has 1 aromatic rings. The normalized spacial score (nSPS) is 11.9. The van der Waals surface area contributed by atoms with E-state index in [1.54, 1.807) is 19.4 Å². The van der Waals surface area contributed by atoms with Crippen LogP contribution in [0.3, 0.4) is 0 Å². The monoisotopic (exact) mass is 284 g/mol. The van der Waals surface area contributed by atoms with Gasteiger partial charge in [0, 0.05) is 40.1 Å². The first-order chi connectivity index (χ1) is 9.43. The Labute approximate surface area is 117 Å². The van der Waals surface area contributed by atoms with Gasteiger partial charge in [-0.3, -0.25) is 4.79 Å². The highest BCUT2D eigenvalue weighted by molar-refractivity contribution is 5.74. The number of carbonyl (C=O) groups excluding carboxylic acids is 1. The number of rotatable bonds is 7. The number of imidazole rings is 1. The summed E-state index contributed by atoms with van der Waals surface area (Å²) in [6, 6.07) is -0.305. The van der Waals surface area contributed by atoms with Crippen molar-refractivity contribution >= 4 is 12.0 Å². The van der Waals surface area contributed by atoms with E-state index in [0.29, 0.717) is 6.54 Å². The van der Waals surface area contributed by atoms with E-state index in [9.17, 15) is 9.59 Å². The van der Waals surface area contributed by atoms with Crippen LogP contribution in [0.5, 0.6) is 0 Å². The molecule has 2 N–H and O–H groups in total. The summed E-state index contributed by atoms with van der Waals surface area (Å²) in [5, 5.41) is 11.3. The fourth-order valence-electron chi connectivity index (χ4n) is 1.60. The predicted octanol–water partition coefficient (Wildman–Crippen LogP) is 0.0512. The van der Waals surface area contributed by atoms with Crippen molar-refractivity contribution in [3.63, 3.8) is 0 Å². The van der Waals surface area contributed by atoms with Crippen molar-refractivity contribution in [2.24, 2.45) is 7.05 Å². The molecule has 0 spiro atoms. The van der Waals surface area contributed by atoms with Crippen LogP contribution in [0.25, 0.3) is 0 Å². The van der Waals surface area contributed by atoms with E-state index in [4.69, 9.17) is 9.84 Å². The van der Waals surface area contributed by atoms with Gasteiger partial charge in [0.1, 0.15) is 5.82 Å². The lowest BCUT2D eigenvalue weighted by Crippen LogP contribution is -2.41. The van der Waals surface area contributed by atoms with Gasteiger partial charge in [-0.25, -0.2) is 9.78 Å². The molecule has 1 unspecified atom stereocenters. The van der Waals surface area contributed by atoms with Crippen LogP contribution in [0.15, 0.2) is 12.4 Å². The maximum absolute atomic E-state index is 11.9. The second-order valence-electron chi connectivity index (χ2n) is 4.45. The number of urea groups is 1. The van der Waals surface area contributed by atoms with E-state index >= 15 is 0 Å². The minimum Gasteiger partial charge on any atom is -0.481 e. The molecule has 0 aliphatic rings. The van der Waals surface area contributed by atoms with Crippen molar-refractivity contribution < 1.29 is 19.4 Å². The zero-order chi connectivity index (χ0) is 15.1. The standard InChI is InChI=1S/C12H20N4O4/c1-15-5-4-13-10(15)8-16(2)12(19)14-7-9(20-3)6-11(17)18/h4-5,9H,6-8H2,1-3H3,(H,14,19)(H,17,18). The molecule has 0 aliphatic heterocycles. The first kappa shape index (κ1) is 16.0. The van der Waals surface area contributed by atoms with Gasteiger partial charge in [0.25, 0.3) is 0 Å². The Morgan fingerprint density at radius 2 is 2.30 bits per heavy atom. The molecular weight excluding hydrogens is 264 g/mol. The third kappa shape index (κ3) is 4.88. The largest absolute Gasteiger partial charge is 0.481 e. The molecule has 1 rings (SSSR count). The average Bonchev–Trinajstić information content (AvgIpc) is 2.79. The summed E-state index contributed by atoms with van der Waals surface area (Å²) in [7, 11) is 4.91. The first-order valence-corrected chi connectivity index (χ1v) is 6.13. The molecule has 8 nitrogen and oxygen atoms in total. The number of carboxylic acids is 1. The Kier molecular flexibility index (Phi) is 5.98. The van der Waals surface area contributed by atoms with Crippen LogP contribution in [-0.4, -0.2) is 58.4 Å². The Morgan fingerprint density at radius 1 is 1.60 bits per heavy atom. The number of amides is 2. The molecule has 1 atom stereocenters. The van der Waals surface area contributed by atoms with Gasteiger partial charge in [0.15, 0.2) is 0 Å². The Balaban J connectivity index is 2.41. The number of ether oxygens (including phenoxy) is 1. The Bertz CT molecular complexity index is 460. The molecule has 20 heavy (non-hydrogen) atoms. The number of hydrogen-bond acceptors (Lipinski definition) is 4. The van der Waals surface area contributed by atoms with Crippen LogP contribution in [0.4, 0.5) is 4.79 Å². The van der Waals surface area contributed by atoms with Crippen LogP contribution < -0.4 is 5.32 Å². The van der Waals surface area contributed by atoms with Crippen molar-refractivity contribution in [1.29, 1.82) is 0 Å². The van der Waals surface area contributed by atoms with Gasteiger partial charge in [-0.1, -0.05) is 0 Å². The van der Waals surface area contributed by atoms with Gasteiger partial charge in [0.05, 0.1) is 19.1 Å². The van der Waals surface area contributed by atoms with Crippen molar-refractivity contribution in [2.45, 2.75) is 19.1 Å². The lowest BCUT2D eigenvalue weighted by atomic mass is 10.2. The number of aryl methyl sites for hydroxylation is 1. The maximum Gasteiger partial charge on any atom is 0.317 e. The van der Waals surface area contributed by atoms with E-state index in [-0.39, 0.29) is 19.0 Å². The second kappa shape index (κ2) is 7.49. The van der Waals surface area contributed by atoms with E-state index in [1.807, 2.05) is 11.6 Å². The molecule has 0 saturated carbocycles. The summed E-state index contributed by atoms with van der Waals surface area (Å²) in [6.45, 7) is 0.512. The molecule has 1 aromatic heterocycles. The van der Waals surface area contributed by atoms with Gasteiger partial charge >= 0.3 is 12.0 Å². The van der Waals surface area contributed by atoms with Crippen LogP contribution in [0, 0.1) is 0 Å². The highest BCUT2D eigenvalue weighted by Gasteiger charge is 2.16. The number of nitrogens with one attached hydrogen (secondary N) is 1. The lowest BCUT2D eigenvalue weighted by Gasteiger charge is -2.20. The molecule has 0 aromatic carbocycles. The quantitative estimate of drug-likeness (QED) is 0.737. The number of nitrogens with zero attached hydrogens (tertiary/aromatic N) is 3. The number of hydrogen-bond donors (Lipinski definition) is 2. The van der Waals surface area contributed by atoms with E-state index < -0.39 is 12.1 Å². The fraction of sp³-hybridized carbons (Fsp3) is 0.583. The molecule has 0 fully saturated rings. The lowest BCUT2D eigenvalue weighted by molar-refractivity contribution is -0.139. The smallest absolute Gasteiger partial charge is 0.317 e. The molecule has 1 heterocycles. The molecule has 112 valence electrons. The zero-order valence-electron chi connectivity index (χ0n) is 11.9. The summed E-state index contributed by atoms with van der Waals surface area (Å²) < 4.78 is 6.81. The minimum absolute atomic E-state index is 0.145. The van der Waals surface area contributed by atoms with Crippen molar-refractivity contribution in [3.8, 4) is 0 Å². The van der Waals surface area contributed by atoms with Crippen molar-refractivity contribution in [2.75, 3.05) is 20.7 Å². The minimum atomic E-state index is -0.965. The number of aromatic nitrogens is 2. The predicted molar refractivity (Wildman–Crippen MR) is 71.1 cm³/mol. The van der Waals surface area contributed by atoms with Crippen LogP contribution in [0.2, 0.25) is 0 Å². The zero-order valence-corrected chi connectivity index (χ0v) is 11.9. The van der Waals surface area contributed by atoms with Crippen LogP contribution in [-0.2, 0) is 23.1 Å². The molecule has 2 amide bonds. The fourth-order valence-corrected chi connectivity index (χ4v) is 1.60. The van der Waals surface area contributed by atoms with Gasteiger partial charge in [-0.2, -0.15) is 0 Å². The molecule has 0 aliphatic carbocycles. The molecular formula is C12H20N4O4. The van der Waals surface area contributed by atoms with Gasteiger partial charge in [-0.05, 0) is 0 Å². The third-order valence-electron chi connectivity index (χ3n) is 2.86. The number of carbonyl (C=O) groups is 2. The number of carboxylic acid groups (broad SMARTS) is 1. The summed E-state index contributed by atoms with van der Waals surface area (Å²) in [5.74, 6) is -0.205. The molecule has 0 radical (unpaired) electrons. The summed E-state index contributed by atoms with van der Waals surface area (Å²) >= 11 is 0. The Morgan fingerprint density at radius 3 is 2.80 bits per heavy atom.